The first-order valence-corrected chi connectivity index (χ1v) is 12.0. The van der Waals surface area contributed by atoms with Crippen molar-refractivity contribution in [3.63, 3.8) is 0 Å². The summed E-state index contributed by atoms with van der Waals surface area (Å²) in [7, 11) is 0. The molecule has 0 unspecified atom stereocenters. The minimum atomic E-state index is -0.417. The van der Waals surface area contributed by atoms with E-state index in [1.54, 1.807) is 6.08 Å². The van der Waals surface area contributed by atoms with Crippen molar-refractivity contribution in [1.82, 2.24) is 9.58 Å². The summed E-state index contributed by atoms with van der Waals surface area (Å²) in [5.41, 5.74) is 5.52. The molecule has 34 heavy (non-hydrogen) atoms. The number of aryl methyl sites for hydroxylation is 1. The summed E-state index contributed by atoms with van der Waals surface area (Å²) < 4.78 is 2.21. The maximum absolute atomic E-state index is 12.8. The SMILES string of the molecule is Cc1cc(C=C2C(=N)N3N=C(Cc4ccc(Cl)cc4)SC3=NC2=O)c(C)n1Cc1ccccc1. The van der Waals surface area contributed by atoms with Gasteiger partial charge in [-0.25, -0.2) is 0 Å². The molecule has 0 saturated heterocycles. The lowest BCUT2D eigenvalue weighted by Crippen LogP contribution is -2.35. The van der Waals surface area contributed by atoms with Crippen LogP contribution in [-0.4, -0.2) is 31.5 Å². The van der Waals surface area contributed by atoms with Gasteiger partial charge in [0.15, 0.2) is 5.84 Å². The predicted molar refractivity (Wildman–Crippen MR) is 140 cm³/mol. The van der Waals surface area contributed by atoms with Crippen LogP contribution in [0.2, 0.25) is 5.02 Å². The first-order valence-electron chi connectivity index (χ1n) is 10.8. The zero-order valence-electron chi connectivity index (χ0n) is 18.7. The molecule has 170 valence electrons. The van der Waals surface area contributed by atoms with Crippen LogP contribution in [0.25, 0.3) is 6.08 Å². The second-order valence-electron chi connectivity index (χ2n) is 8.22. The van der Waals surface area contributed by atoms with E-state index in [9.17, 15) is 4.79 Å². The number of nitrogens with zero attached hydrogens (tertiary/aromatic N) is 4. The molecule has 2 aliphatic rings. The molecule has 1 N–H and O–H groups in total. The van der Waals surface area contributed by atoms with Crippen LogP contribution < -0.4 is 0 Å². The van der Waals surface area contributed by atoms with Crippen molar-refractivity contribution in [3.8, 4) is 0 Å². The van der Waals surface area contributed by atoms with Crippen molar-refractivity contribution in [1.29, 1.82) is 5.41 Å². The van der Waals surface area contributed by atoms with E-state index in [4.69, 9.17) is 17.0 Å². The van der Waals surface area contributed by atoms with Crippen LogP contribution in [0, 0.1) is 19.3 Å². The van der Waals surface area contributed by atoms with Gasteiger partial charge < -0.3 is 4.57 Å². The van der Waals surface area contributed by atoms with E-state index in [2.05, 4.69) is 26.8 Å². The Morgan fingerprint density at radius 3 is 2.53 bits per heavy atom. The zero-order valence-corrected chi connectivity index (χ0v) is 20.3. The van der Waals surface area contributed by atoms with Gasteiger partial charge in [0.25, 0.3) is 5.91 Å². The fourth-order valence-electron chi connectivity index (χ4n) is 4.02. The van der Waals surface area contributed by atoms with Gasteiger partial charge in [0.2, 0.25) is 5.17 Å². The molecule has 1 aromatic heterocycles. The van der Waals surface area contributed by atoms with Crippen molar-refractivity contribution < 1.29 is 4.79 Å². The Morgan fingerprint density at radius 2 is 1.79 bits per heavy atom. The molecule has 3 aromatic rings. The molecule has 5 rings (SSSR count). The van der Waals surface area contributed by atoms with E-state index in [0.717, 1.165) is 34.1 Å². The van der Waals surface area contributed by atoms with Crippen LogP contribution in [0.5, 0.6) is 0 Å². The summed E-state index contributed by atoms with van der Waals surface area (Å²) in [4.78, 5) is 17.1. The number of amides is 1. The largest absolute Gasteiger partial charge is 0.344 e. The molecule has 1 amide bonds. The van der Waals surface area contributed by atoms with Gasteiger partial charge in [0.05, 0.1) is 5.57 Å². The number of amidine groups is 2. The molecule has 2 aliphatic heterocycles. The van der Waals surface area contributed by atoms with Gasteiger partial charge in [-0.05, 0) is 66.6 Å². The molecule has 0 radical (unpaired) electrons. The molecule has 8 heteroatoms. The van der Waals surface area contributed by atoms with Gasteiger partial charge in [-0.1, -0.05) is 54.1 Å². The second-order valence-corrected chi connectivity index (χ2v) is 9.69. The van der Waals surface area contributed by atoms with E-state index < -0.39 is 5.91 Å². The summed E-state index contributed by atoms with van der Waals surface area (Å²) in [6.07, 6.45) is 2.34. The highest BCUT2D eigenvalue weighted by Crippen LogP contribution is 2.30. The van der Waals surface area contributed by atoms with Gasteiger partial charge in [-0.2, -0.15) is 15.1 Å². The Balaban J connectivity index is 1.40. The number of fused-ring (bicyclic) bond motifs is 1. The van der Waals surface area contributed by atoms with Gasteiger partial charge in [-0.3, -0.25) is 10.2 Å². The Kier molecular flexibility index (Phi) is 5.98. The van der Waals surface area contributed by atoms with E-state index in [1.807, 2.05) is 62.4 Å². The molecular formula is C26H22ClN5OS. The normalized spacial score (nSPS) is 16.7. The molecule has 0 aliphatic carbocycles. The lowest BCUT2D eigenvalue weighted by atomic mass is 10.1. The maximum Gasteiger partial charge on any atom is 0.283 e. The van der Waals surface area contributed by atoms with Crippen molar-refractivity contribution in [2.75, 3.05) is 0 Å². The molecule has 0 atom stereocenters. The molecule has 0 saturated carbocycles. The highest BCUT2D eigenvalue weighted by atomic mass is 35.5. The predicted octanol–water partition coefficient (Wildman–Crippen LogP) is 5.67. The van der Waals surface area contributed by atoms with Crippen LogP contribution in [0.3, 0.4) is 0 Å². The second kappa shape index (κ2) is 9.08. The first kappa shape index (κ1) is 22.4. The number of thioether (sulfide) groups is 1. The van der Waals surface area contributed by atoms with E-state index in [-0.39, 0.29) is 11.4 Å². The third kappa shape index (κ3) is 4.36. The quantitative estimate of drug-likeness (QED) is 0.471. The number of nitrogens with one attached hydrogen (secondary N) is 1. The number of carbonyl (C=O) groups excluding carboxylic acids is 1. The summed E-state index contributed by atoms with van der Waals surface area (Å²) in [5.74, 6) is -0.374. The first-order chi connectivity index (χ1) is 16.4. The number of hydrazone groups is 1. The molecule has 0 bridgehead atoms. The topological polar surface area (TPSA) is 73.8 Å². The van der Waals surface area contributed by atoms with Crippen LogP contribution in [0.15, 0.2) is 76.3 Å². The number of carbonyl (C=O) groups is 1. The fraction of sp³-hybridized carbons (Fsp3) is 0.154. The molecule has 0 spiro atoms. The monoisotopic (exact) mass is 487 g/mol. The van der Waals surface area contributed by atoms with E-state index in [0.29, 0.717) is 16.6 Å². The van der Waals surface area contributed by atoms with Crippen LogP contribution in [0.1, 0.15) is 28.1 Å². The lowest BCUT2D eigenvalue weighted by molar-refractivity contribution is -0.114. The van der Waals surface area contributed by atoms with Crippen molar-refractivity contribution >= 4 is 51.4 Å². The minimum absolute atomic E-state index is 0.0430. The standard InChI is InChI=1S/C26H22ClN5OS/c1-16-12-20(17(2)31(16)15-19-6-4-3-5-7-19)14-22-24(28)32-26(29-25(22)33)34-23(30-32)13-18-8-10-21(27)11-9-18/h3-12,14,28H,13,15H2,1-2H3. The Bertz CT molecular complexity index is 1390. The minimum Gasteiger partial charge on any atom is -0.344 e. The third-order valence-electron chi connectivity index (χ3n) is 5.86. The van der Waals surface area contributed by atoms with Crippen LogP contribution in [-0.2, 0) is 17.8 Å². The number of hydrogen-bond acceptors (Lipinski definition) is 4. The number of halogens is 1. The summed E-state index contributed by atoms with van der Waals surface area (Å²) >= 11 is 7.29. The van der Waals surface area contributed by atoms with Gasteiger partial charge in [0.1, 0.15) is 5.04 Å². The van der Waals surface area contributed by atoms with Crippen LogP contribution >= 0.6 is 23.4 Å². The van der Waals surface area contributed by atoms with Crippen molar-refractivity contribution in [2.45, 2.75) is 26.8 Å². The lowest BCUT2D eigenvalue weighted by Gasteiger charge is -2.20. The van der Waals surface area contributed by atoms with Crippen molar-refractivity contribution in [2.24, 2.45) is 10.1 Å². The van der Waals surface area contributed by atoms with Crippen LogP contribution in [0.4, 0.5) is 0 Å². The number of hydrogen-bond donors (Lipinski definition) is 1. The molecular weight excluding hydrogens is 466 g/mol. The summed E-state index contributed by atoms with van der Waals surface area (Å²) in [6.45, 7) is 4.82. The Hall–Kier alpha value is -3.42. The average molecular weight is 488 g/mol. The highest BCUT2D eigenvalue weighted by molar-refractivity contribution is 8.26. The Labute approximate surface area is 207 Å². The molecule has 0 fully saturated rings. The Morgan fingerprint density at radius 1 is 1.06 bits per heavy atom. The summed E-state index contributed by atoms with van der Waals surface area (Å²) in [5, 5.41) is 16.6. The van der Waals surface area contributed by atoms with Gasteiger partial charge in [0, 0.05) is 29.4 Å². The highest BCUT2D eigenvalue weighted by Gasteiger charge is 2.35. The van der Waals surface area contributed by atoms with Gasteiger partial charge >= 0.3 is 0 Å². The molecule has 2 aromatic carbocycles. The van der Waals surface area contributed by atoms with E-state index in [1.165, 1.54) is 22.3 Å². The third-order valence-corrected chi connectivity index (χ3v) is 7.02. The smallest absolute Gasteiger partial charge is 0.283 e. The van der Waals surface area contributed by atoms with Crippen molar-refractivity contribution in [3.05, 3.63) is 99.3 Å². The maximum atomic E-state index is 12.8. The number of aromatic nitrogens is 1. The molecule has 3 heterocycles. The van der Waals surface area contributed by atoms with Gasteiger partial charge in [-0.15, -0.1) is 0 Å². The summed E-state index contributed by atoms with van der Waals surface area (Å²) in [6, 6.07) is 19.8. The fourth-order valence-corrected chi connectivity index (χ4v) is 5.06. The molecule has 6 nitrogen and oxygen atoms in total. The number of rotatable bonds is 5. The zero-order chi connectivity index (χ0) is 23.8. The number of benzene rings is 2. The number of aliphatic imine (C=N–C) groups is 1. The van der Waals surface area contributed by atoms with E-state index >= 15 is 0 Å². The average Bonchev–Trinajstić information content (AvgIpc) is 3.34.